The Kier molecular flexibility index (Phi) is 5.29. The van der Waals surface area contributed by atoms with Gasteiger partial charge in [-0.2, -0.15) is 0 Å². The van der Waals surface area contributed by atoms with Gasteiger partial charge >= 0.3 is 0 Å². The molecule has 0 aromatic rings. The lowest BCUT2D eigenvalue weighted by molar-refractivity contribution is 1.12. The summed E-state index contributed by atoms with van der Waals surface area (Å²) in [7, 11) is 0. The summed E-state index contributed by atoms with van der Waals surface area (Å²) in [6.45, 7) is 6.39. The smallest absolute Gasteiger partial charge is 0.0142 e. The topological polar surface area (TPSA) is 0 Å². The molecule has 0 spiro atoms. The Morgan fingerprint density at radius 3 is 2.56 bits per heavy atom. The molecule has 0 heteroatoms. The van der Waals surface area contributed by atoms with E-state index in [1.54, 1.807) is 0 Å². The van der Waals surface area contributed by atoms with Crippen LogP contribution in [0.3, 0.4) is 0 Å². The summed E-state index contributed by atoms with van der Waals surface area (Å²) in [6, 6.07) is 0. The van der Waals surface area contributed by atoms with Gasteiger partial charge in [-0.05, 0) is 26.7 Å². The third kappa shape index (κ3) is 5.35. The maximum absolute atomic E-state index is 2.26. The Morgan fingerprint density at radius 2 is 2.11 bits per heavy atom. The summed E-state index contributed by atoms with van der Waals surface area (Å²) < 4.78 is 0. The van der Waals surface area contributed by atoms with E-state index in [9.17, 15) is 0 Å². The van der Waals surface area contributed by atoms with Gasteiger partial charge in [-0.1, -0.05) is 30.7 Å². The van der Waals surface area contributed by atoms with Crippen LogP contribution in [-0.2, 0) is 0 Å². The summed E-state index contributed by atoms with van der Waals surface area (Å²) in [6.07, 6.45) is 8.81. The zero-order chi connectivity index (χ0) is 7.11. The fraction of sp³-hybridized carbons (Fsp3) is 0.556. The average Bonchev–Trinajstić information content (AvgIpc) is 1.85. The van der Waals surface area contributed by atoms with E-state index in [4.69, 9.17) is 0 Å². The van der Waals surface area contributed by atoms with E-state index in [2.05, 4.69) is 39.0 Å². The molecule has 0 aromatic heterocycles. The van der Waals surface area contributed by atoms with Gasteiger partial charge in [-0.15, -0.1) is 0 Å². The lowest BCUT2D eigenvalue weighted by Gasteiger charge is -1.91. The zero-order valence-corrected chi connectivity index (χ0v) is 6.65. The van der Waals surface area contributed by atoms with Crippen molar-refractivity contribution in [3.05, 3.63) is 23.8 Å². The minimum atomic E-state index is 1.12. The van der Waals surface area contributed by atoms with Gasteiger partial charge in [-0.3, -0.25) is 0 Å². The highest BCUT2D eigenvalue weighted by Gasteiger charge is 1.80. The van der Waals surface area contributed by atoms with Gasteiger partial charge in [0.2, 0.25) is 0 Å². The lowest BCUT2D eigenvalue weighted by Crippen LogP contribution is -1.70. The molecule has 0 saturated heterocycles. The molecule has 0 aliphatic carbocycles. The highest BCUT2D eigenvalue weighted by Crippen LogP contribution is 2.01. The van der Waals surface area contributed by atoms with E-state index < -0.39 is 0 Å². The minimum absolute atomic E-state index is 1.12. The molecule has 0 N–H and O–H groups in total. The van der Waals surface area contributed by atoms with Crippen molar-refractivity contribution in [2.75, 3.05) is 0 Å². The van der Waals surface area contributed by atoms with Crippen LogP contribution < -0.4 is 0 Å². The Labute approximate surface area is 58.3 Å². The monoisotopic (exact) mass is 124 g/mol. The third-order valence-corrected chi connectivity index (χ3v) is 1.23. The number of hydrogen-bond acceptors (Lipinski definition) is 0. The molecular formula is C9H16. The minimum Gasteiger partial charge on any atom is -0.0913 e. The quantitative estimate of drug-likeness (QED) is 0.506. The first-order valence-corrected chi connectivity index (χ1v) is 3.58. The predicted molar refractivity (Wildman–Crippen MR) is 43.5 cm³/mol. The van der Waals surface area contributed by atoms with Gasteiger partial charge < -0.3 is 0 Å². The molecule has 52 valence electrons. The molecule has 9 heavy (non-hydrogen) atoms. The van der Waals surface area contributed by atoms with Crippen LogP contribution >= 0.6 is 0 Å². The van der Waals surface area contributed by atoms with Gasteiger partial charge in [0, 0.05) is 0 Å². The van der Waals surface area contributed by atoms with Gasteiger partial charge in [0.25, 0.3) is 0 Å². The first-order chi connectivity index (χ1) is 4.31. The number of rotatable bonds is 3. The van der Waals surface area contributed by atoms with Crippen molar-refractivity contribution in [3.63, 3.8) is 0 Å². The molecule has 0 saturated carbocycles. The van der Waals surface area contributed by atoms with Gasteiger partial charge in [0.15, 0.2) is 0 Å². The Bertz CT molecular complexity index is 107. The van der Waals surface area contributed by atoms with E-state index >= 15 is 0 Å². The van der Waals surface area contributed by atoms with Crippen molar-refractivity contribution in [1.29, 1.82) is 0 Å². The summed E-state index contributed by atoms with van der Waals surface area (Å²) in [5.74, 6) is 0. The van der Waals surface area contributed by atoms with E-state index in [-0.39, 0.29) is 0 Å². The maximum atomic E-state index is 2.26. The summed E-state index contributed by atoms with van der Waals surface area (Å²) in [4.78, 5) is 0. The number of hydrogen-bond donors (Lipinski definition) is 0. The molecule has 0 amide bonds. The van der Waals surface area contributed by atoms with Gasteiger partial charge in [0.05, 0.1) is 0 Å². The van der Waals surface area contributed by atoms with Gasteiger partial charge in [-0.25, -0.2) is 0 Å². The molecule has 0 fully saturated rings. The highest BCUT2D eigenvalue weighted by molar-refractivity contribution is 5.03. The summed E-state index contributed by atoms with van der Waals surface area (Å²) >= 11 is 0. The van der Waals surface area contributed by atoms with E-state index in [1.165, 1.54) is 5.57 Å². The first-order valence-electron chi connectivity index (χ1n) is 3.58. The van der Waals surface area contributed by atoms with Crippen molar-refractivity contribution in [3.8, 4) is 0 Å². The fourth-order valence-corrected chi connectivity index (χ4v) is 0.736. The van der Waals surface area contributed by atoms with Crippen LogP contribution in [0.25, 0.3) is 0 Å². The second kappa shape index (κ2) is 5.61. The zero-order valence-electron chi connectivity index (χ0n) is 6.65. The third-order valence-electron chi connectivity index (χ3n) is 1.23. The van der Waals surface area contributed by atoms with E-state index in [0.717, 1.165) is 12.8 Å². The van der Waals surface area contributed by atoms with Crippen molar-refractivity contribution in [1.82, 2.24) is 0 Å². The van der Waals surface area contributed by atoms with Crippen LogP contribution in [0.1, 0.15) is 33.6 Å². The van der Waals surface area contributed by atoms with Crippen molar-refractivity contribution < 1.29 is 0 Å². The van der Waals surface area contributed by atoms with Crippen molar-refractivity contribution >= 4 is 0 Å². The molecule has 0 aromatic carbocycles. The molecule has 0 nitrogen and oxygen atoms in total. The van der Waals surface area contributed by atoms with E-state index in [1.807, 2.05) is 0 Å². The molecular weight excluding hydrogens is 108 g/mol. The standard InChI is InChI=1S/C9H16/c1-4-6-8-9(3)7-5-2/h4,6-7H,5,8H2,1-3H3. The van der Waals surface area contributed by atoms with Crippen molar-refractivity contribution in [2.24, 2.45) is 0 Å². The Morgan fingerprint density at radius 1 is 1.44 bits per heavy atom. The summed E-state index contributed by atoms with van der Waals surface area (Å²) in [5, 5.41) is 0. The van der Waals surface area contributed by atoms with Crippen LogP contribution in [0.15, 0.2) is 23.8 Å². The van der Waals surface area contributed by atoms with Crippen LogP contribution in [0.5, 0.6) is 0 Å². The second-order valence-corrected chi connectivity index (χ2v) is 2.23. The van der Waals surface area contributed by atoms with E-state index in [0.29, 0.717) is 0 Å². The number of allylic oxidation sites excluding steroid dienone is 4. The molecule has 0 bridgehead atoms. The molecule has 0 aliphatic rings. The predicted octanol–water partition coefficient (Wildman–Crippen LogP) is 3.31. The van der Waals surface area contributed by atoms with Crippen LogP contribution in [-0.4, -0.2) is 0 Å². The summed E-state index contributed by atoms with van der Waals surface area (Å²) in [5.41, 5.74) is 1.47. The van der Waals surface area contributed by atoms with Crippen LogP contribution in [0.4, 0.5) is 0 Å². The molecule has 0 rings (SSSR count). The van der Waals surface area contributed by atoms with Crippen LogP contribution in [0, 0.1) is 0 Å². The molecule has 0 unspecified atom stereocenters. The highest BCUT2D eigenvalue weighted by atomic mass is 13.9. The Balaban J connectivity index is 3.49. The van der Waals surface area contributed by atoms with Crippen LogP contribution in [0.2, 0.25) is 0 Å². The lowest BCUT2D eigenvalue weighted by atomic mass is 10.2. The molecule has 0 atom stereocenters. The second-order valence-electron chi connectivity index (χ2n) is 2.23. The fourth-order valence-electron chi connectivity index (χ4n) is 0.736. The molecule has 0 radical (unpaired) electrons. The SMILES string of the molecule is CC=CCC(C)=CCC. The Hall–Kier alpha value is -0.520. The normalized spacial score (nSPS) is 13.0. The van der Waals surface area contributed by atoms with Gasteiger partial charge in [0.1, 0.15) is 0 Å². The molecule has 0 heterocycles. The van der Waals surface area contributed by atoms with Crippen molar-refractivity contribution in [2.45, 2.75) is 33.6 Å². The first kappa shape index (κ1) is 8.48. The largest absolute Gasteiger partial charge is 0.0913 e. The maximum Gasteiger partial charge on any atom is -0.0142 e. The molecule has 0 aliphatic heterocycles. The average molecular weight is 124 g/mol.